The lowest BCUT2D eigenvalue weighted by Crippen LogP contribution is -2.32. The molecule has 2 amide bonds. The number of benzene rings is 2. The summed E-state index contributed by atoms with van der Waals surface area (Å²) in [5, 5.41) is 0. The number of carbonyl (C=O) groups excluding carboxylic acids is 3. The Morgan fingerprint density at radius 1 is 0.840 bits per heavy atom. The first kappa shape index (κ1) is 17.1. The molecule has 0 aliphatic carbocycles. The maximum Gasteiger partial charge on any atom is 0.266 e. The van der Waals surface area contributed by atoms with Gasteiger partial charge in [-0.1, -0.05) is 58.0 Å². The Balaban J connectivity index is 2.27. The number of rotatable bonds is 4. The Morgan fingerprint density at radius 3 is 1.92 bits per heavy atom. The minimum atomic E-state index is -0.419. The molecule has 0 radical (unpaired) electrons. The molecule has 0 N–H and O–H groups in total. The number of anilines is 1. The van der Waals surface area contributed by atoms with Crippen molar-refractivity contribution in [3.63, 3.8) is 0 Å². The summed E-state index contributed by atoms with van der Waals surface area (Å²) < 4.78 is 0. The summed E-state index contributed by atoms with van der Waals surface area (Å²) in [4.78, 5) is 38.7. The molecular weight excluding hydrogens is 314 g/mol. The molecule has 1 aliphatic heterocycles. The number of imide groups is 1. The van der Waals surface area contributed by atoms with E-state index >= 15 is 0 Å². The van der Waals surface area contributed by atoms with E-state index in [1.807, 2.05) is 45.9 Å². The van der Waals surface area contributed by atoms with Crippen LogP contribution in [0.4, 0.5) is 5.69 Å². The molecule has 0 atom stereocenters. The number of hydrogen-bond acceptors (Lipinski definition) is 3. The number of amides is 2. The fourth-order valence-electron chi connectivity index (χ4n) is 3.38. The predicted molar refractivity (Wildman–Crippen MR) is 97.6 cm³/mol. The van der Waals surface area contributed by atoms with Crippen LogP contribution in [0.2, 0.25) is 0 Å². The van der Waals surface area contributed by atoms with E-state index in [1.165, 1.54) is 4.90 Å². The van der Waals surface area contributed by atoms with Gasteiger partial charge < -0.3 is 0 Å². The molecule has 0 saturated heterocycles. The van der Waals surface area contributed by atoms with Crippen molar-refractivity contribution < 1.29 is 14.4 Å². The van der Waals surface area contributed by atoms with Gasteiger partial charge in [-0.2, -0.15) is 0 Å². The summed E-state index contributed by atoms with van der Waals surface area (Å²) in [7, 11) is 0. The summed E-state index contributed by atoms with van der Waals surface area (Å²) in [6.07, 6.45) is 0.630. The summed E-state index contributed by atoms with van der Waals surface area (Å²) in [6, 6.07) is 10.7. The van der Waals surface area contributed by atoms with E-state index in [4.69, 9.17) is 0 Å². The van der Waals surface area contributed by atoms with Crippen LogP contribution in [0.25, 0.3) is 0 Å². The van der Waals surface area contributed by atoms with Gasteiger partial charge in [0.25, 0.3) is 11.8 Å². The molecular formula is C21H21NO3. The van der Waals surface area contributed by atoms with Gasteiger partial charge in [0.05, 0.1) is 16.8 Å². The average molecular weight is 335 g/mol. The number of nitrogens with zero attached hydrogens (tertiary/aromatic N) is 1. The van der Waals surface area contributed by atoms with E-state index in [0.29, 0.717) is 17.5 Å². The van der Waals surface area contributed by atoms with E-state index in [9.17, 15) is 14.4 Å². The molecule has 2 aromatic carbocycles. The van der Waals surface area contributed by atoms with Gasteiger partial charge in [0, 0.05) is 5.56 Å². The van der Waals surface area contributed by atoms with Crippen molar-refractivity contribution in [2.45, 2.75) is 39.5 Å². The molecule has 1 aliphatic rings. The van der Waals surface area contributed by atoms with E-state index in [2.05, 4.69) is 0 Å². The average Bonchev–Trinajstić information content (AvgIpc) is 2.85. The summed E-state index contributed by atoms with van der Waals surface area (Å²) >= 11 is 0. The van der Waals surface area contributed by atoms with Crippen LogP contribution in [-0.2, 0) is 0 Å². The molecule has 0 fully saturated rings. The zero-order valence-corrected chi connectivity index (χ0v) is 14.9. The summed E-state index contributed by atoms with van der Waals surface area (Å²) in [6.45, 7) is 8.16. The lowest BCUT2D eigenvalue weighted by molar-refractivity contribution is 0.0923. The van der Waals surface area contributed by atoms with Gasteiger partial charge in [0.1, 0.15) is 0 Å². The van der Waals surface area contributed by atoms with Crippen molar-refractivity contribution in [2.24, 2.45) is 0 Å². The molecule has 0 spiro atoms. The largest absolute Gasteiger partial charge is 0.298 e. The normalized spacial score (nSPS) is 13.8. The van der Waals surface area contributed by atoms with E-state index in [1.54, 1.807) is 18.2 Å². The zero-order valence-electron chi connectivity index (χ0n) is 14.9. The molecule has 4 nitrogen and oxygen atoms in total. The lowest BCUT2D eigenvalue weighted by atomic mass is 9.92. The van der Waals surface area contributed by atoms with Crippen LogP contribution in [0, 0.1) is 0 Å². The van der Waals surface area contributed by atoms with Crippen LogP contribution in [0.15, 0.2) is 36.4 Å². The highest BCUT2D eigenvalue weighted by Crippen LogP contribution is 2.39. The highest BCUT2D eigenvalue weighted by Gasteiger charge is 2.40. The molecule has 128 valence electrons. The second-order valence-corrected chi connectivity index (χ2v) is 6.93. The van der Waals surface area contributed by atoms with Crippen LogP contribution >= 0.6 is 0 Å². The highest BCUT2D eigenvalue weighted by atomic mass is 16.2. The third-order valence-electron chi connectivity index (χ3n) is 4.64. The monoisotopic (exact) mass is 335 g/mol. The first-order valence-corrected chi connectivity index (χ1v) is 8.48. The minimum absolute atomic E-state index is 0.156. The van der Waals surface area contributed by atoms with E-state index in [0.717, 1.165) is 11.1 Å². The topological polar surface area (TPSA) is 54.5 Å². The second-order valence-electron chi connectivity index (χ2n) is 6.93. The first-order valence-electron chi connectivity index (χ1n) is 8.48. The number of aldehydes is 1. The Hall–Kier alpha value is -2.75. The molecule has 3 rings (SSSR count). The van der Waals surface area contributed by atoms with Crippen molar-refractivity contribution in [1.82, 2.24) is 0 Å². The third kappa shape index (κ3) is 2.58. The lowest BCUT2D eigenvalue weighted by Gasteiger charge is -2.25. The van der Waals surface area contributed by atoms with Gasteiger partial charge in [-0.05, 0) is 29.0 Å². The fourth-order valence-corrected chi connectivity index (χ4v) is 3.38. The van der Waals surface area contributed by atoms with Crippen LogP contribution in [-0.4, -0.2) is 18.1 Å². The van der Waals surface area contributed by atoms with Crippen molar-refractivity contribution in [3.05, 3.63) is 64.2 Å². The second kappa shape index (κ2) is 6.28. The first-order chi connectivity index (χ1) is 11.9. The molecule has 2 aromatic rings. The van der Waals surface area contributed by atoms with Crippen molar-refractivity contribution in [2.75, 3.05) is 4.90 Å². The molecule has 4 heteroatoms. The van der Waals surface area contributed by atoms with Crippen LogP contribution in [0.3, 0.4) is 0 Å². The van der Waals surface area contributed by atoms with Crippen LogP contribution in [0.1, 0.15) is 81.7 Å². The molecule has 0 unspecified atom stereocenters. The molecule has 0 bridgehead atoms. The zero-order chi connectivity index (χ0) is 18.3. The van der Waals surface area contributed by atoms with Gasteiger partial charge in [-0.3, -0.25) is 14.4 Å². The van der Waals surface area contributed by atoms with Gasteiger partial charge in [-0.15, -0.1) is 0 Å². The number of fused-ring (bicyclic) bond motifs is 1. The van der Waals surface area contributed by atoms with E-state index in [-0.39, 0.29) is 28.9 Å². The number of hydrogen-bond donors (Lipinski definition) is 0. The SMILES string of the molecule is CC(C)c1cccc(C(C)C)c1N1C(=O)c2cccc(C=O)c2C1=O. The van der Waals surface area contributed by atoms with Crippen molar-refractivity contribution >= 4 is 23.8 Å². The Kier molecular flexibility index (Phi) is 4.29. The summed E-state index contributed by atoms with van der Waals surface area (Å²) in [5.41, 5.74) is 3.32. The van der Waals surface area contributed by atoms with Crippen molar-refractivity contribution in [3.8, 4) is 0 Å². The Labute approximate surface area is 147 Å². The molecule has 25 heavy (non-hydrogen) atoms. The molecule has 1 heterocycles. The third-order valence-corrected chi connectivity index (χ3v) is 4.64. The van der Waals surface area contributed by atoms with Crippen LogP contribution in [0.5, 0.6) is 0 Å². The predicted octanol–water partition coefficient (Wildman–Crippen LogP) is 4.55. The Bertz CT molecular complexity index is 854. The van der Waals surface area contributed by atoms with Crippen LogP contribution < -0.4 is 4.90 Å². The number of carbonyl (C=O) groups is 3. The maximum absolute atomic E-state index is 13.1. The number of para-hydroxylation sites is 1. The Morgan fingerprint density at radius 2 is 1.40 bits per heavy atom. The van der Waals surface area contributed by atoms with Crippen molar-refractivity contribution in [1.29, 1.82) is 0 Å². The van der Waals surface area contributed by atoms with Gasteiger partial charge in [0.2, 0.25) is 0 Å². The van der Waals surface area contributed by atoms with Gasteiger partial charge in [-0.25, -0.2) is 4.90 Å². The quantitative estimate of drug-likeness (QED) is 0.608. The smallest absolute Gasteiger partial charge is 0.266 e. The van der Waals surface area contributed by atoms with E-state index < -0.39 is 5.91 Å². The van der Waals surface area contributed by atoms with Gasteiger partial charge >= 0.3 is 0 Å². The maximum atomic E-state index is 13.1. The molecule has 0 saturated carbocycles. The minimum Gasteiger partial charge on any atom is -0.298 e. The molecule has 0 aromatic heterocycles. The summed E-state index contributed by atoms with van der Waals surface area (Å²) in [5.74, 6) is -0.469. The van der Waals surface area contributed by atoms with Gasteiger partial charge in [0.15, 0.2) is 6.29 Å². The fraction of sp³-hybridized carbons (Fsp3) is 0.286. The highest BCUT2D eigenvalue weighted by molar-refractivity contribution is 6.36. The standard InChI is InChI=1S/C21H21NO3/c1-12(2)15-8-6-9-16(13(3)4)19(15)22-20(24)17-10-5-7-14(11-23)18(17)21(22)25/h5-13H,1-4H3.